The number of amides is 1. The molecule has 0 aliphatic rings. The fourth-order valence-electron chi connectivity index (χ4n) is 1.99. The molecule has 0 spiro atoms. The summed E-state index contributed by atoms with van der Waals surface area (Å²) in [5, 5.41) is 2.92. The zero-order valence-electron chi connectivity index (χ0n) is 12.3. The molecule has 4 heteroatoms. The number of para-hydroxylation sites is 1. The van der Waals surface area contributed by atoms with Gasteiger partial charge < -0.3 is 15.8 Å². The van der Waals surface area contributed by atoms with E-state index in [0.29, 0.717) is 24.5 Å². The highest BCUT2D eigenvalue weighted by Crippen LogP contribution is 2.18. The van der Waals surface area contributed by atoms with Crippen molar-refractivity contribution in [2.45, 2.75) is 20.5 Å². The molecular formula is C17H20N2O2. The second kappa shape index (κ2) is 6.90. The van der Waals surface area contributed by atoms with E-state index in [0.717, 1.165) is 16.8 Å². The first kappa shape index (κ1) is 15.1. The van der Waals surface area contributed by atoms with Gasteiger partial charge in [0.1, 0.15) is 0 Å². The molecule has 0 bridgehead atoms. The Labute approximate surface area is 124 Å². The largest absolute Gasteiger partial charge is 0.399 e. The maximum atomic E-state index is 12.3. The van der Waals surface area contributed by atoms with Gasteiger partial charge in [-0.25, -0.2) is 0 Å². The van der Waals surface area contributed by atoms with Crippen molar-refractivity contribution in [2.24, 2.45) is 0 Å². The molecule has 0 aliphatic carbocycles. The summed E-state index contributed by atoms with van der Waals surface area (Å²) in [5.41, 5.74) is 9.67. The standard InChI is InChI=1S/C17H20N2O2/c1-3-21-11-14-6-4-5-7-16(14)19-17(20)13-8-9-15(18)12(2)10-13/h4-10H,3,11,18H2,1-2H3,(H,19,20). The van der Waals surface area contributed by atoms with Gasteiger partial charge in [-0.15, -0.1) is 0 Å². The molecule has 3 N–H and O–H groups in total. The van der Waals surface area contributed by atoms with Crippen molar-refractivity contribution >= 4 is 17.3 Å². The number of hydrogen-bond acceptors (Lipinski definition) is 3. The number of ether oxygens (including phenoxy) is 1. The van der Waals surface area contributed by atoms with Crippen LogP contribution < -0.4 is 11.1 Å². The number of anilines is 2. The number of benzene rings is 2. The third-order valence-electron chi connectivity index (χ3n) is 3.26. The molecule has 2 aromatic rings. The summed E-state index contributed by atoms with van der Waals surface area (Å²) < 4.78 is 5.41. The lowest BCUT2D eigenvalue weighted by molar-refractivity contribution is 0.102. The van der Waals surface area contributed by atoms with Gasteiger partial charge in [0.2, 0.25) is 0 Å². The number of aryl methyl sites for hydroxylation is 1. The van der Waals surface area contributed by atoms with Crippen LogP contribution in [-0.2, 0) is 11.3 Å². The first-order valence-corrected chi connectivity index (χ1v) is 6.95. The minimum Gasteiger partial charge on any atom is -0.399 e. The minimum atomic E-state index is -0.151. The van der Waals surface area contributed by atoms with E-state index in [9.17, 15) is 4.79 Å². The summed E-state index contributed by atoms with van der Waals surface area (Å²) in [6, 6.07) is 12.9. The van der Waals surface area contributed by atoms with Crippen LogP contribution in [0.15, 0.2) is 42.5 Å². The second-order valence-electron chi connectivity index (χ2n) is 4.82. The van der Waals surface area contributed by atoms with Crippen LogP contribution in [-0.4, -0.2) is 12.5 Å². The van der Waals surface area contributed by atoms with Crippen LogP contribution in [0.25, 0.3) is 0 Å². The molecule has 0 atom stereocenters. The molecule has 0 aromatic heterocycles. The summed E-state index contributed by atoms with van der Waals surface area (Å²) in [7, 11) is 0. The average molecular weight is 284 g/mol. The van der Waals surface area contributed by atoms with E-state index < -0.39 is 0 Å². The Morgan fingerprint density at radius 1 is 1.24 bits per heavy atom. The maximum Gasteiger partial charge on any atom is 0.255 e. The number of carbonyl (C=O) groups excluding carboxylic acids is 1. The Morgan fingerprint density at radius 2 is 2.00 bits per heavy atom. The topological polar surface area (TPSA) is 64.3 Å². The van der Waals surface area contributed by atoms with E-state index in [1.165, 1.54) is 0 Å². The van der Waals surface area contributed by atoms with Crippen LogP contribution in [0.2, 0.25) is 0 Å². The number of nitrogens with two attached hydrogens (primary N) is 1. The molecule has 0 saturated carbocycles. The summed E-state index contributed by atoms with van der Waals surface area (Å²) in [6.07, 6.45) is 0. The van der Waals surface area contributed by atoms with Gasteiger partial charge in [-0.3, -0.25) is 4.79 Å². The lowest BCUT2D eigenvalue weighted by Crippen LogP contribution is -2.14. The Balaban J connectivity index is 2.17. The summed E-state index contributed by atoms with van der Waals surface area (Å²) in [4.78, 5) is 12.3. The molecule has 1 amide bonds. The van der Waals surface area contributed by atoms with Gasteiger partial charge in [0.05, 0.1) is 6.61 Å². The molecular weight excluding hydrogens is 264 g/mol. The van der Waals surface area contributed by atoms with Crippen molar-refractivity contribution in [1.82, 2.24) is 0 Å². The van der Waals surface area contributed by atoms with Gasteiger partial charge in [0.15, 0.2) is 0 Å². The van der Waals surface area contributed by atoms with Gasteiger partial charge in [-0.1, -0.05) is 18.2 Å². The number of hydrogen-bond donors (Lipinski definition) is 2. The molecule has 0 saturated heterocycles. The van der Waals surface area contributed by atoms with Crippen LogP contribution in [0.3, 0.4) is 0 Å². The summed E-state index contributed by atoms with van der Waals surface area (Å²) in [6.45, 7) is 4.95. The normalized spacial score (nSPS) is 10.4. The lowest BCUT2D eigenvalue weighted by Gasteiger charge is -2.11. The zero-order chi connectivity index (χ0) is 15.2. The van der Waals surface area contributed by atoms with Crippen molar-refractivity contribution in [3.8, 4) is 0 Å². The van der Waals surface area contributed by atoms with E-state index in [1.807, 2.05) is 38.1 Å². The third-order valence-corrected chi connectivity index (χ3v) is 3.26. The van der Waals surface area contributed by atoms with E-state index in [4.69, 9.17) is 10.5 Å². The highest BCUT2D eigenvalue weighted by atomic mass is 16.5. The highest BCUT2D eigenvalue weighted by Gasteiger charge is 2.09. The smallest absolute Gasteiger partial charge is 0.255 e. The van der Waals surface area contributed by atoms with Crippen LogP contribution >= 0.6 is 0 Å². The zero-order valence-corrected chi connectivity index (χ0v) is 12.3. The first-order valence-electron chi connectivity index (χ1n) is 6.95. The van der Waals surface area contributed by atoms with E-state index in [1.54, 1.807) is 18.2 Å². The number of nitrogens with one attached hydrogen (secondary N) is 1. The van der Waals surface area contributed by atoms with Crippen LogP contribution in [0.5, 0.6) is 0 Å². The summed E-state index contributed by atoms with van der Waals surface area (Å²) >= 11 is 0. The van der Waals surface area contributed by atoms with Gasteiger partial charge in [-0.05, 0) is 43.7 Å². The highest BCUT2D eigenvalue weighted by molar-refractivity contribution is 6.05. The molecule has 0 unspecified atom stereocenters. The van der Waals surface area contributed by atoms with Gasteiger partial charge >= 0.3 is 0 Å². The molecule has 2 rings (SSSR count). The van der Waals surface area contributed by atoms with E-state index in [-0.39, 0.29) is 5.91 Å². The average Bonchev–Trinajstić information content (AvgIpc) is 2.49. The van der Waals surface area contributed by atoms with E-state index in [2.05, 4.69) is 5.32 Å². The number of carbonyl (C=O) groups is 1. The fourth-order valence-corrected chi connectivity index (χ4v) is 1.99. The Hall–Kier alpha value is -2.33. The fraction of sp³-hybridized carbons (Fsp3) is 0.235. The lowest BCUT2D eigenvalue weighted by atomic mass is 10.1. The third kappa shape index (κ3) is 3.83. The molecule has 21 heavy (non-hydrogen) atoms. The predicted molar refractivity (Wildman–Crippen MR) is 85.3 cm³/mol. The molecule has 0 aliphatic heterocycles. The Kier molecular flexibility index (Phi) is 4.95. The predicted octanol–water partition coefficient (Wildman–Crippen LogP) is 3.37. The SMILES string of the molecule is CCOCc1ccccc1NC(=O)c1ccc(N)c(C)c1. The Bertz CT molecular complexity index is 638. The molecule has 0 radical (unpaired) electrons. The molecule has 4 nitrogen and oxygen atoms in total. The summed E-state index contributed by atoms with van der Waals surface area (Å²) in [5.74, 6) is -0.151. The van der Waals surface area contributed by atoms with Gasteiger partial charge in [-0.2, -0.15) is 0 Å². The van der Waals surface area contributed by atoms with Crippen LogP contribution in [0.1, 0.15) is 28.4 Å². The van der Waals surface area contributed by atoms with Crippen LogP contribution in [0.4, 0.5) is 11.4 Å². The monoisotopic (exact) mass is 284 g/mol. The van der Waals surface area contributed by atoms with Crippen molar-refractivity contribution in [3.05, 3.63) is 59.2 Å². The van der Waals surface area contributed by atoms with Crippen molar-refractivity contribution in [2.75, 3.05) is 17.7 Å². The molecule has 2 aromatic carbocycles. The Morgan fingerprint density at radius 3 is 2.71 bits per heavy atom. The first-order chi connectivity index (χ1) is 10.1. The quantitative estimate of drug-likeness (QED) is 0.827. The second-order valence-corrected chi connectivity index (χ2v) is 4.82. The molecule has 0 fully saturated rings. The van der Waals surface area contributed by atoms with Crippen molar-refractivity contribution in [1.29, 1.82) is 0 Å². The van der Waals surface area contributed by atoms with Crippen molar-refractivity contribution in [3.63, 3.8) is 0 Å². The van der Waals surface area contributed by atoms with Gasteiger partial charge in [0, 0.05) is 29.1 Å². The molecule has 0 heterocycles. The van der Waals surface area contributed by atoms with Gasteiger partial charge in [0.25, 0.3) is 5.91 Å². The minimum absolute atomic E-state index is 0.151. The van der Waals surface area contributed by atoms with Crippen LogP contribution in [0, 0.1) is 6.92 Å². The van der Waals surface area contributed by atoms with Crippen molar-refractivity contribution < 1.29 is 9.53 Å². The number of rotatable bonds is 5. The maximum absolute atomic E-state index is 12.3. The molecule has 110 valence electrons. The van der Waals surface area contributed by atoms with E-state index >= 15 is 0 Å². The number of nitrogen functional groups attached to an aromatic ring is 1.